The Hall–Kier alpha value is -0.380. The molecule has 0 aromatic carbocycles. The lowest BCUT2D eigenvalue weighted by molar-refractivity contribution is 0.0235. The molecule has 0 aromatic heterocycles. The van der Waals surface area contributed by atoms with Gasteiger partial charge in [0.1, 0.15) is 0 Å². The molecule has 0 saturated carbocycles. The number of hydrogen-bond donors (Lipinski definition) is 2. The molecule has 0 amide bonds. The largest absolute Gasteiger partial charge is 0.389 e. The Bertz CT molecular complexity index is 242. The monoisotopic (exact) mass is 196 g/mol. The summed E-state index contributed by atoms with van der Waals surface area (Å²) in [7, 11) is 0. The number of nitrogens with one attached hydrogen (secondary N) is 1. The quantitative estimate of drug-likeness (QED) is 0.640. The average molecular weight is 196 g/mol. The highest BCUT2D eigenvalue weighted by molar-refractivity contribution is 5.29. The minimum absolute atomic E-state index is 0.521. The van der Waals surface area contributed by atoms with Gasteiger partial charge in [-0.3, -0.25) is 4.90 Å². The lowest BCUT2D eigenvalue weighted by Crippen LogP contribution is -2.40. The summed E-state index contributed by atoms with van der Waals surface area (Å²) in [5.41, 5.74) is 2.58. The van der Waals surface area contributed by atoms with Gasteiger partial charge in [-0.1, -0.05) is 6.92 Å². The third kappa shape index (κ3) is 2.00. The molecule has 2 rings (SSSR count). The maximum atomic E-state index is 9.97. The number of β-amino-alcohol motifs (C(OH)–C–C–N with tert-alkyl or cyclic N) is 1. The van der Waals surface area contributed by atoms with Gasteiger partial charge in [-0.05, 0) is 24.5 Å². The van der Waals surface area contributed by atoms with E-state index in [0.717, 1.165) is 39.1 Å². The molecule has 2 aliphatic rings. The fourth-order valence-corrected chi connectivity index (χ4v) is 2.25. The molecule has 0 saturated heterocycles. The van der Waals surface area contributed by atoms with Crippen molar-refractivity contribution in [1.82, 2.24) is 10.2 Å². The molecule has 0 radical (unpaired) electrons. The van der Waals surface area contributed by atoms with E-state index in [4.69, 9.17) is 0 Å². The molecule has 2 N–H and O–H groups in total. The van der Waals surface area contributed by atoms with E-state index < -0.39 is 5.60 Å². The van der Waals surface area contributed by atoms with Crippen LogP contribution in [-0.2, 0) is 0 Å². The van der Waals surface area contributed by atoms with Crippen LogP contribution in [0.3, 0.4) is 0 Å². The van der Waals surface area contributed by atoms with E-state index in [0.29, 0.717) is 0 Å². The van der Waals surface area contributed by atoms with Gasteiger partial charge in [0.2, 0.25) is 0 Å². The van der Waals surface area contributed by atoms with E-state index in [1.165, 1.54) is 0 Å². The van der Waals surface area contributed by atoms with Crippen molar-refractivity contribution in [2.75, 3.05) is 32.7 Å². The normalized spacial score (nSPS) is 26.8. The van der Waals surface area contributed by atoms with Crippen LogP contribution in [-0.4, -0.2) is 48.3 Å². The van der Waals surface area contributed by atoms with E-state index >= 15 is 0 Å². The van der Waals surface area contributed by atoms with Gasteiger partial charge in [-0.25, -0.2) is 0 Å². The van der Waals surface area contributed by atoms with E-state index in [-0.39, 0.29) is 0 Å². The van der Waals surface area contributed by atoms with Crippen LogP contribution in [0.1, 0.15) is 20.3 Å². The van der Waals surface area contributed by atoms with Crippen molar-refractivity contribution in [3.8, 4) is 0 Å². The SMILES string of the molecule is CCC(C)(O)CN1CC2=C(CNC2)C1. The van der Waals surface area contributed by atoms with Crippen LogP contribution >= 0.6 is 0 Å². The summed E-state index contributed by atoms with van der Waals surface area (Å²) in [5.74, 6) is 0. The van der Waals surface area contributed by atoms with Crippen molar-refractivity contribution in [2.45, 2.75) is 25.9 Å². The molecule has 1 unspecified atom stereocenters. The molecule has 0 fully saturated rings. The first-order chi connectivity index (χ1) is 6.61. The van der Waals surface area contributed by atoms with Crippen molar-refractivity contribution in [1.29, 1.82) is 0 Å². The molecule has 0 bridgehead atoms. The minimum atomic E-state index is -0.521. The molecule has 1 atom stereocenters. The third-order valence-electron chi connectivity index (χ3n) is 3.33. The highest BCUT2D eigenvalue weighted by Crippen LogP contribution is 2.22. The first-order valence-corrected chi connectivity index (χ1v) is 5.46. The molecule has 80 valence electrons. The van der Waals surface area contributed by atoms with Gasteiger partial charge in [0.25, 0.3) is 0 Å². The second-order valence-corrected chi connectivity index (χ2v) is 4.81. The topological polar surface area (TPSA) is 35.5 Å². The molecule has 3 nitrogen and oxygen atoms in total. The lowest BCUT2D eigenvalue weighted by Gasteiger charge is -2.28. The summed E-state index contributed by atoms with van der Waals surface area (Å²) in [6.45, 7) is 8.99. The van der Waals surface area contributed by atoms with E-state index in [9.17, 15) is 5.11 Å². The Labute approximate surface area is 85.8 Å². The highest BCUT2D eigenvalue weighted by Gasteiger charge is 2.29. The Morgan fingerprint density at radius 1 is 1.36 bits per heavy atom. The van der Waals surface area contributed by atoms with Crippen molar-refractivity contribution in [2.24, 2.45) is 0 Å². The van der Waals surface area contributed by atoms with Gasteiger partial charge in [0.05, 0.1) is 5.60 Å². The molecular formula is C11H20N2O. The Kier molecular flexibility index (Phi) is 2.64. The molecule has 3 heteroatoms. The molecule has 14 heavy (non-hydrogen) atoms. The third-order valence-corrected chi connectivity index (χ3v) is 3.33. The summed E-state index contributed by atoms with van der Waals surface area (Å²) in [4.78, 5) is 2.36. The smallest absolute Gasteiger partial charge is 0.0743 e. The van der Waals surface area contributed by atoms with Crippen molar-refractivity contribution < 1.29 is 5.11 Å². The van der Waals surface area contributed by atoms with Gasteiger partial charge in [-0.2, -0.15) is 0 Å². The Morgan fingerprint density at radius 2 is 1.93 bits per heavy atom. The van der Waals surface area contributed by atoms with Crippen LogP contribution in [0.2, 0.25) is 0 Å². The predicted molar refractivity (Wildman–Crippen MR) is 57.3 cm³/mol. The number of hydrogen-bond acceptors (Lipinski definition) is 3. The summed E-state index contributed by atoms with van der Waals surface area (Å²) in [6, 6.07) is 0. The number of aliphatic hydroxyl groups is 1. The molecule has 2 heterocycles. The second-order valence-electron chi connectivity index (χ2n) is 4.81. The van der Waals surface area contributed by atoms with Crippen LogP contribution in [0, 0.1) is 0 Å². The van der Waals surface area contributed by atoms with Gasteiger partial charge < -0.3 is 10.4 Å². The van der Waals surface area contributed by atoms with E-state index in [2.05, 4.69) is 10.2 Å². The highest BCUT2D eigenvalue weighted by atomic mass is 16.3. The number of nitrogens with zero attached hydrogens (tertiary/aromatic N) is 1. The van der Waals surface area contributed by atoms with Crippen molar-refractivity contribution in [3.63, 3.8) is 0 Å². The van der Waals surface area contributed by atoms with Crippen LogP contribution in [0.4, 0.5) is 0 Å². The van der Waals surface area contributed by atoms with E-state index in [1.54, 1.807) is 11.1 Å². The fraction of sp³-hybridized carbons (Fsp3) is 0.818. The summed E-state index contributed by atoms with van der Waals surface area (Å²) >= 11 is 0. The average Bonchev–Trinajstić information content (AvgIpc) is 2.63. The van der Waals surface area contributed by atoms with Gasteiger partial charge >= 0.3 is 0 Å². The fourth-order valence-electron chi connectivity index (χ4n) is 2.25. The van der Waals surface area contributed by atoms with Gasteiger partial charge in [0.15, 0.2) is 0 Å². The molecule has 0 spiro atoms. The van der Waals surface area contributed by atoms with Crippen LogP contribution in [0.15, 0.2) is 11.1 Å². The molecule has 2 aliphatic heterocycles. The van der Waals surface area contributed by atoms with Crippen LogP contribution in [0.5, 0.6) is 0 Å². The lowest BCUT2D eigenvalue weighted by atomic mass is 10.0. The summed E-state index contributed by atoms with van der Waals surface area (Å²) in [6.07, 6.45) is 0.826. The predicted octanol–water partition coefficient (Wildman–Crippen LogP) is 0.363. The maximum Gasteiger partial charge on any atom is 0.0743 e. The van der Waals surface area contributed by atoms with E-state index in [1.807, 2.05) is 13.8 Å². The summed E-state index contributed by atoms with van der Waals surface area (Å²) < 4.78 is 0. The van der Waals surface area contributed by atoms with Crippen molar-refractivity contribution >= 4 is 0 Å². The number of rotatable bonds is 3. The molecule has 0 aliphatic carbocycles. The second kappa shape index (κ2) is 3.65. The zero-order valence-electron chi connectivity index (χ0n) is 9.14. The van der Waals surface area contributed by atoms with Gasteiger partial charge in [-0.15, -0.1) is 0 Å². The molecular weight excluding hydrogens is 176 g/mol. The minimum Gasteiger partial charge on any atom is -0.389 e. The van der Waals surface area contributed by atoms with Crippen molar-refractivity contribution in [3.05, 3.63) is 11.1 Å². The van der Waals surface area contributed by atoms with Crippen LogP contribution < -0.4 is 5.32 Å². The summed E-state index contributed by atoms with van der Waals surface area (Å²) in [5, 5.41) is 13.3. The van der Waals surface area contributed by atoms with Gasteiger partial charge in [0, 0.05) is 32.7 Å². The maximum absolute atomic E-state index is 9.97. The Morgan fingerprint density at radius 3 is 2.43 bits per heavy atom. The molecule has 0 aromatic rings. The first-order valence-electron chi connectivity index (χ1n) is 5.46. The zero-order valence-corrected chi connectivity index (χ0v) is 9.14. The van der Waals surface area contributed by atoms with Crippen LogP contribution in [0.25, 0.3) is 0 Å². The zero-order chi connectivity index (χ0) is 10.2. The standard InChI is InChI=1S/C11H20N2O/c1-3-11(2,14)8-13-6-9-4-12-5-10(9)7-13/h12,14H,3-8H2,1-2H3. The Balaban J connectivity index is 1.87. The first kappa shape index (κ1) is 10.1.